The van der Waals surface area contributed by atoms with Crippen molar-refractivity contribution in [1.82, 2.24) is 5.32 Å². The van der Waals surface area contributed by atoms with E-state index in [2.05, 4.69) is 17.6 Å². The lowest BCUT2D eigenvalue weighted by molar-refractivity contribution is 0.0935. The van der Waals surface area contributed by atoms with Crippen LogP contribution in [-0.2, 0) is 19.4 Å². The molecule has 29 heavy (non-hydrogen) atoms. The van der Waals surface area contributed by atoms with Gasteiger partial charge in [0.25, 0.3) is 5.91 Å². The lowest BCUT2D eigenvalue weighted by Crippen LogP contribution is -2.38. The Hall–Kier alpha value is -2.79. The van der Waals surface area contributed by atoms with Crippen LogP contribution in [0.15, 0.2) is 54.6 Å². The highest BCUT2D eigenvalue weighted by molar-refractivity contribution is 7.16. The number of amides is 1. The Morgan fingerprint density at radius 2 is 1.97 bits per heavy atom. The largest absolute Gasteiger partial charge is 0.489 e. The Bertz CT molecular complexity index is 1040. The summed E-state index contributed by atoms with van der Waals surface area (Å²) in [6.45, 7) is 2.81. The summed E-state index contributed by atoms with van der Waals surface area (Å²) < 4.78 is 5.96. The van der Waals surface area contributed by atoms with Gasteiger partial charge in [-0.15, -0.1) is 11.3 Å². The molecule has 1 aliphatic carbocycles. The first-order valence-electron chi connectivity index (χ1n) is 10.2. The Balaban J connectivity index is 1.35. The zero-order chi connectivity index (χ0) is 19.8. The molecule has 2 heterocycles. The molecule has 2 atom stereocenters. The van der Waals surface area contributed by atoms with Crippen molar-refractivity contribution in [2.45, 2.75) is 39.0 Å². The van der Waals surface area contributed by atoms with Crippen LogP contribution in [0, 0.1) is 5.92 Å². The van der Waals surface area contributed by atoms with Crippen LogP contribution in [0.4, 0.5) is 5.00 Å². The van der Waals surface area contributed by atoms with Crippen LogP contribution < -0.4 is 15.4 Å². The van der Waals surface area contributed by atoms with E-state index in [0.29, 0.717) is 12.5 Å². The molecule has 0 spiro atoms. The molecular weight excluding hydrogens is 380 g/mol. The summed E-state index contributed by atoms with van der Waals surface area (Å²) in [5, 5.41) is 7.69. The number of benzene rings is 2. The number of carbonyl (C=O) groups excluding carboxylic acids is 1. The van der Waals surface area contributed by atoms with Crippen LogP contribution in [0.3, 0.4) is 0 Å². The number of fused-ring (bicyclic) bond motifs is 3. The predicted molar refractivity (Wildman–Crippen MR) is 117 cm³/mol. The zero-order valence-corrected chi connectivity index (χ0v) is 17.2. The molecule has 1 aromatic heterocycles. The van der Waals surface area contributed by atoms with Gasteiger partial charge in [0.2, 0.25) is 0 Å². The van der Waals surface area contributed by atoms with E-state index in [-0.39, 0.29) is 12.1 Å². The van der Waals surface area contributed by atoms with Gasteiger partial charge in [0.05, 0.1) is 5.56 Å². The van der Waals surface area contributed by atoms with E-state index in [9.17, 15) is 4.79 Å². The van der Waals surface area contributed by atoms with Crippen molar-refractivity contribution in [3.05, 3.63) is 81.7 Å². The fourth-order valence-electron chi connectivity index (χ4n) is 4.15. The highest BCUT2D eigenvalue weighted by Crippen LogP contribution is 2.42. The summed E-state index contributed by atoms with van der Waals surface area (Å²) in [7, 11) is 0. The SMILES string of the molecule is C[C@H]1CCc2c(sc3c2C(=O)N[C@@H](c2cccc(OCc4ccccc4)c2)N3)C1. The van der Waals surface area contributed by atoms with Gasteiger partial charge in [-0.05, 0) is 54.0 Å². The van der Waals surface area contributed by atoms with Crippen LogP contribution in [0.5, 0.6) is 5.75 Å². The minimum atomic E-state index is -0.243. The van der Waals surface area contributed by atoms with E-state index in [4.69, 9.17) is 4.74 Å². The first-order valence-corrected chi connectivity index (χ1v) is 11.0. The summed E-state index contributed by atoms with van der Waals surface area (Å²) in [4.78, 5) is 14.3. The molecule has 0 bridgehead atoms. The maximum absolute atomic E-state index is 12.9. The smallest absolute Gasteiger partial charge is 0.256 e. The predicted octanol–water partition coefficient (Wildman–Crippen LogP) is 5.31. The summed E-state index contributed by atoms with van der Waals surface area (Å²) in [6.07, 6.45) is 3.00. The monoisotopic (exact) mass is 404 g/mol. The average molecular weight is 405 g/mol. The van der Waals surface area contributed by atoms with Crippen molar-refractivity contribution in [2.24, 2.45) is 5.92 Å². The molecule has 1 amide bonds. The van der Waals surface area contributed by atoms with Crippen LogP contribution in [-0.4, -0.2) is 5.91 Å². The van der Waals surface area contributed by atoms with E-state index in [0.717, 1.165) is 46.7 Å². The Morgan fingerprint density at radius 3 is 2.83 bits per heavy atom. The molecule has 2 aromatic carbocycles. The second-order valence-electron chi connectivity index (χ2n) is 7.95. The summed E-state index contributed by atoms with van der Waals surface area (Å²) in [5.74, 6) is 1.53. The van der Waals surface area contributed by atoms with Crippen molar-refractivity contribution in [2.75, 3.05) is 5.32 Å². The standard InChI is InChI=1S/C24H24N2O2S/c1-15-10-11-19-20(12-15)29-24-21(19)23(27)25-22(26-24)17-8-5-9-18(13-17)28-14-16-6-3-2-4-7-16/h2-9,13,15,22,26H,10-12,14H2,1H3,(H,25,27)/t15-,22+/m0/s1. The Morgan fingerprint density at radius 1 is 1.10 bits per heavy atom. The molecule has 148 valence electrons. The Kier molecular flexibility index (Phi) is 4.76. The number of ether oxygens (including phenoxy) is 1. The summed E-state index contributed by atoms with van der Waals surface area (Å²) in [5.41, 5.74) is 4.25. The van der Waals surface area contributed by atoms with Gasteiger partial charge in [0, 0.05) is 4.88 Å². The van der Waals surface area contributed by atoms with Gasteiger partial charge in [-0.2, -0.15) is 0 Å². The van der Waals surface area contributed by atoms with E-state index in [1.807, 2.05) is 54.6 Å². The van der Waals surface area contributed by atoms with Crippen molar-refractivity contribution >= 4 is 22.2 Å². The van der Waals surface area contributed by atoms with E-state index in [1.165, 1.54) is 10.4 Å². The average Bonchev–Trinajstić information content (AvgIpc) is 3.11. The number of anilines is 1. The van der Waals surface area contributed by atoms with Gasteiger partial charge in [-0.25, -0.2) is 0 Å². The molecule has 0 radical (unpaired) electrons. The third kappa shape index (κ3) is 3.62. The maximum atomic E-state index is 12.9. The van der Waals surface area contributed by atoms with E-state index >= 15 is 0 Å². The lowest BCUT2D eigenvalue weighted by atomic mass is 9.88. The number of rotatable bonds is 4. The third-order valence-corrected chi connectivity index (χ3v) is 6.91. The highest BCUT2D eigenvalue weighted by Gasteiger charge is 2.33. The lowest BCUT2D eigenvalue weighted by Gasteiger charge is -2.27. The van der Waals surface area contributed by atoms with Gasteiger partial charge in [-0.1, -0.05) is 49.4 Å². The van der Waals surface area contributed by atoms with Gasteiger partial charge in [0.15, 0.2) is 0 Å². The fraction of sp³-hybridized carbons (Fsp3) is 0.292. The molecule has 4 nitrogen and oxygen atoms in total. The first-order chi connectivity index (χ1) is 14.2. The van der Waals surface area contributed by atoms with Crippen molar-refractivity contribution in [3.8, 4) is 5.75 Å². The van der Waals surface area contributed by atoms with Gasteiger partial charge in [0.1, 0.15) is 23.5 Å². The number of nitrogens with one attached hydrogen (secondary N) is 2. The van der Waals surface area contributed by atoms with Crippen LogP contribution in [0.1, 0.15) is 51.4 Å². The fourth-order valence-corrected chi connectivity index (χ4v) is 5.59. The zero-order valence-electron chi connectivity index (χ0n) is 16.4. The molecule has 0 saturated carbocycles. The highest BCUT2D eigenvalue weighted by atomic mass is 32.1. The van der Waals surface area contributed by atoms with Crippen LogP contribution in [0.25, 0.3) is 0 Å². The first kappa shape index (κ1) is 18.3. The molecule has 2 aliphatic rings. The number of hydrogen-bond acceptors (Lipinski definition) is 4. The number of thiophene rings is 1. The molecule has 0 saturated heterocycles. The normalized spacial score (nSPS) is 20.2. The molecule has 5 rings (SSSR count). The summed E-state index contributed by atoms with van der Waals surface area (Å²) >= 11 is 1.75. The second-order valence-corrected chi connectivity index (χ2v) is 9.06. The third-order valence-electron chi connectivity index (χ3n) is 5.73. The number of carbonyl (C=O) groups is 1. The topological polar surface area (TPSA) is 50.4 Å². The molecule has 5 heteroatoms. The minimum Gasteiger partial charge on any atom is -0.489 e. The van der Waals surface area contributed by atoms with Crippen LogP contribution in [0.2, 0.25) is 0 Å². The maximum Gasteiger partial charge on any atom is 0.256 e. The van der Waals surface area contributed by atoms with Gasteiger partial charge < -0.3 is 15.4 Å². The molecule has 3 aromatic rings. The van der Waals surface area contributed by atoms with Crippen molar-refractivity contribution in [3.63, 3.8) is 0 Å². The van der Waals surface area contributed by atoms with Crippen molar-refractivity contribution in [1.29, 1.82) is 0 Å². The quantitative estimate of drug-likeness (QED) is 0.620. The van der Waals surface area contributed by atoms with E-state index in [1.54, 1.807) is 11.3 Å². The van der Waals surface area contributed by atoms with Gasteiger partial charge >= 0.3 is 0 Å². The summed E-state index contributed by atoms with van der Waals surface area (Å²) in [6, 6.07) is 18.1. The van der Waals surface area contributed by atoms with Crippen LogP contribution >= 0.6 is 11.3 Å². The number of hydrogen-bond donors (Lipinski definition) is 2. The second kappa shape index (κ2) is 7.56. The van der Waals surface area contributed by atoms with Gasteiger partial charge in [-0.3, -0.25) is 4.79 Å². The molecule has 0 fully saturated rings. The molecule has 1 aliphatic heterocycles. The molecular formula is C24H24N2O2S. The molecule has 2 N–H and O–H groups in total. The van der Waals surface area contributed by atoms with Crippen molar-refractivity contribution < 1.29 is 9.53 Å². The Labute approximate surface area is 174 Å². The minimum absolute atomic E-state index is 0.0337. The molecule has 0 unspecified atom stereocenters. The van der Waals surface area contributed by atoms with E-state index < -0.39 is 0 Å².